The lowest BCUT2D eigenvalue weighted by atomic mass is 9.99. The van der Waals surface area contributed by atoms with Crippen molar-refractivity contribution >= 4 is 5.91 Å². The molecule has 1 aromatic rings. The van der Waals surface area contributed by atoms with Gasteiger partial charge in [0.2, 0.25) is 5.91 Å². The third-order valence-corrected chi connectivity index (χ3v) is 3.96. The lowest BCUT2D eigenvalue weighted by molar-refractivity contribution is -0.131. The SMILES string of the molecule is CCC(C(C)C)N1CNC(Cc2ccccc2)C1=O. The van der Waals surface area contributed by atoms with Gasteiger partial charge in [-0.25, -0.2) is 0 Å². The summed E-state index contributed by atoms with van der Waals surface area (Å²) in [5.74, 6) is 0.760. The summed E-state index contributed by atoms with van der Waals surface area (Å²) in [6, 6.07) is 10.5. The quantitative estimate of drug-likeness (QED) is 0.882. The van der Waals surface area contributed by atoms with Crippen molar-refractivity contribution in [1.82, 2.24) is 10.2 Å². The Hall–Kier alpha value is -1.35. The molecular formula is C16H24N2O. The molecule has 3 heteroatoms. The first-order valence-electron chi connectivity index (χ1n) is 7.21. The molecule has 0 radical (unpaired) electrons. The van der Waals surface area contributed by atoms with Crippen molar-refractivity contribution in [1.29, 1.82) is 0 Å². The molecule has 1 aliphatic heterocycles. The van der Waals surface area contributed by atoms with Crippen molar-refractivity contribution < 1.29 is 4.79 Å². The van der Waals surface area contributed by atoms with Crippen molar-refractivity contribution in [2.45, 2.75) is 45.7 Å². The van der Waals surface area contributed by atoms with Crippen LogP contribution in [0, 0.1) is 5.92 Å². The lowest BCUT2D eigenvalue weighted by Gasteiger charge is -2.29. The first kappa shape index (κ1) is 14.1. The molecule has 3 nitrogen and oxygen atoms in total. The Morgan fingerprint density at radius 1 is 1.32 bits per heavy atom. The second-order valence-corrected chi connectivity index (χ2v) is 5.63. The predicted molar refractivity (Wildman–Crippen MR) is 77.7 cm³/mol. The van der Waals surface area contributed by atoms with E-state index in [4.69, 9.17) is 0 Å². The van der Waals surface area contributed by atoms with E-state index < -0.39 is 0 Å². The summed E-state index contributed by atoms with van der Waals surface area (Å²) in [6.07, 6.45) is 1.80. The Bertz CT molecular complexity index is 416. The van der Waals surface area contributed by atoms with Crippen LogP contribution in [0.4, 0.5) is 0 Å². The van der Waals surface area contributed by atoms with Gasteiger partial charge in [-0.3, -0.25) is 10.1 Å². The summed E-state index contributed by atoms with van der Waals surface area (Å²) in [5, 5.41) is 3.35. The second kappa shape index (κ2) is 6.20. The van der Waals surface area contributed by atoms with Crippen LogP contribution in [-0.4, -0.2) is 29.6 Å². The third-order valence-electron chi connectivity index (χ3n) is 3.96. The average Bonchev–Trinajstić information content (AvgIpc) is 2.74. The van der Waals surface area contributed by atoms with Crippen molar-refractivity contribution in [3.63, 3.8) is 0 Å². The fourth-order valence-corrected chi connectivity index (χ4v) is 2.92. The van der Waals surface area contributed by atoms with E-state index >= 15 is 0 Å². The van der Waals surface area contributed by atoms with Gasteiger partial charge in [0.15, 0.2) is 0 Å². The fourth-order valence-electron chi connectivity index (χ4n) is 2.92. The summed E-state index contributed by atoms with van der Waals surface area (Å²) in [7, 11) is 0. The number of hydrogen-bond donors (Lipinski definition) is 1. The maximum Gasteiger partial charge on any atom is 0.241 e. The van der Waals surface area contributed by atoms with Gasteiger partial charge in [-0.1, -0.05) is 51.1 Å². The fraction of sp³-hybridized carbons (Fsp3) is 0.562. The van der Waals surface area contributed by atoms with Crippen LogP contribution in [0.15, 0.2) is 30.3 Å². The van der Waals surface area contributed by atoms with Crippen LogP contribution < -0.4 is 5.32 Å². The molecule has 0 spiro atoms. The highest BCUT2D eigenvalue weighted by atomic mass is 16.2. The third kappa shape index (κ3) is 3.16. The van der Waals surface area contributed by atoms with Gasteiger partial charge in [0.25, 0.3) is 0 Å². The molecule has 1 fully saturated rings. The van der Waals surface area contributed by atoms with Crippen LogP contribution in [0.3, 0.4) is 0 Å². The highest BCUT2D eigenvalue weighted by Crippen LogP contribution is 2.19. The van der Waals surface area contributed by atoms with Crippen LogP contribution in [0.1, 0.15) is 32.8 Å². The number of carbonyl (C=O) groups excluding carboxylic acids is 1. The zero-order valence-electron chi connectivity index (χ0n) is 12.1. The Labute approximate surface area is 116 Å². The van der Waals surface area contributed by atoms with E-state index in [0.29, 0.717) is 18.6 Å². The van der Waals surface area contributed by atoms with Gasteiger partial charge >= 0.3 is 0 Å². The number of nitrogens with zero attached hydrogens (tertiary/aromatic N) is 1. The number of nitrogens with one attached hydrogen (secondary N) is 1. The minimum Gasteiger partial charge on any atom is -0.325 e. The lowest BCUT2D eigenvalue weighted by Crippen LogP contribution is -2.41. The van der Waals surface area contributed by atoms with Crippen LogP contribution in [-0.2, 0) is 11.2 Å². The molecule has 19 heavy (non-hydrogen) atoms. The van der Waals surface area contributed by atoms with Gasteiger partial charge in [-0.2, -0.15) is 0 Å². The molecule has 2 unspecified atom stereocenters. The smallest absolute Gasteiger partial charge is 0.241 e. The standard InChI is InChI=1S/C16H24N2O/c1-4-15(12(2)3)18-11-17-14(16(18)19)10-13-8-6-5-7-9-13/h5-9,12,14-15,17H,4,10-11H2,1-3H3. The molecule has 0 saturated carbocycles. The number of carbonyl (C=O) groups is 1. The maximum atomic E-state index is 12.5. The van der Waals surface area contributed by atoms with Gasteiger partial charge < -0.3 is 4.90 Å². The zero-order chi connectivity index (χ0) is 13.8. The van der Waals surface area contributed by atoms with Crippen molar-refractivity contribution in [2.24, 2.45) is 5.92 Å². The Morgan fingerprint density at radius 2 is 2.00 bits per heavy atom. The van der Waals surface area contributed by atoms with Gasteiger partial charge in [0.1, 0.15) is 0 Å². The second-order valence-electron chi connectivity index (χ2n) is 5.63. The normalized spacial score (nSPS) is 21.2. The van der Waals surface area contributed by atoms with Crippen LogP contribution >= 0.6 is 0 Å². The molecule has 1 N–H and O–H groups in total. The molecule has 104 valence electrons. The van der Waals surface area contributed by atoms with Gasteiger partial charge in [0, 0.05) is 6.04 Å². The molecule has 2 atom stereocenters. The molecule has 0 bridgehead atoms. The van der Waals surface area contributed by atoms with E-state index in [0.717, 1.165) is 12.8 Å². The Morgan fingerprint density at radius 3 is 2.58 bits per heavy atom. The van der Waals surface area contributed by atoms with E-state index in [2.05, 4.69) is 38.2 Å². The van der Waals surface area contributed by atoms with Gasteiger partial charge in [-0.05, 0) is 24.3 Å². The van der Waals surface area contributed by atoms with E-state index in [1.807, 2.05) is 23.1 Å². The summed E-state index contributed by atoms with van der Waals surface area (Å²) in [4.78, 5) is 14.5. The average molecular weight is 260 g/mol. The van der Waals surface area contributed by atoms with E-state index in [-0.39, 0.29) is 11.9 Å². The topological polar surface area (TPSA) is 32.3 Å². The number of benzene rings is 1. The largest absolute Gasteiger partial charge is 0.325 e. The van der Waals surface area contributed by atoms with Gasteiger partial charge in [-0.15, -0.1) is 0 Å². The Balaban J connectivity index is 2.02. The Kier molecular flexibility index (Phi) is 4.59. The van der Waals surface area contributed by atoms with E-state index in [1.165, 1.54) is 5.56 Å². The zero-order valence-corrected chi connectivity index (χ0v) is 12.1. The minimum absolute atomic E-state index is 0.0600. The molecule has 0 aromatic heterocycles. The number of amides is 1. The molecule has 1 aliphatic rings. The molecular weight excluding hydrogens is 236 g/mol. The molecule has 2 rings (SSSR count). The summed E-state index contributed by atoms with van der Waals surface area (Å²) in [5.41, 5.74) is 1.22. The minimum atomic E-state index is -0.0600. The molecule has 0 aliphatic carbocycles. The maximum absolute atomic E-state index is 12.5. The monoisotopic (exact) mass is 260 g/mol. The predicted octanol–water partition coefficient (Wildman–Crippen LogP) is 2.42. The van der Waals surface area contributed by atoms with E-state index in [1.54, 1.807) is 0 Å². The van der Waals surface area contributed by atoms with Crippen LogP contribution in [0.5, 0.6) is 0 Å². The molecule has 1 amide bonds. The van der Waals surface area contributed by atoms with Crippen LogP contribution in [0.25, 0.3) is 0 Å². The van der Waals surface area contributed by atoms with Crippen molar-refractivity contribution in [3.8, 4) is 0 Å². The molecule has 1 aromatic carbocycles. The van der Waals surface area contributed by atoms with Crippen LogP contribution in [0.2, 0.25) is 0 Å². The van der Waals surface area contributed by atoms with Gasteiger partial charge in [0.05, 0.1) is 12.7 Å². The number of hydrogen-bond acceptors (Lipinski definition) is 2. The summed E-state index contributed by atoms with van der Waals surface area (Å²) < 4.78 is 0. The summed E-state index contributed by atoms with van der Waals surface area (Å²) in [6.45, 7) is 7.22. The van der Waals surface area contributed by atoms with E-state index in [9.17, 15) is 4.79 Å². The van der Waals surface area contributed by atoms with Crippen molar-refractivity contribution in [3.05, 3.63) is 35.9 Å². The summed E-state index contributed by atoms with van der Waals surface area (Å²) >= 11 is 0. The number of rotatable bonds is 5. The molecule has 1 heterocycles. The first-order chi connectivity index (χ1) is 9.13. The molecule has 1 saturated heterocycles. The van der Waals surface area contributed by atoms with Crippen molar-refractivity contribution in [2.75, 3.05) is 6.67 Å². The highest BCUT2D eigenvalue weighted by molar-refractivity contribution is 5.84. The highest BCUT2D eigenvalue weighted by Gasteiger charge is 2.35. The first-order valence-corrected chi connectivity index (χ1v) is 7.21.